The topological polar surface area (TPSA) is 88.6 Å². The van der Waals surface area contributed by atoms with Gasteiger partial charge in [0.15, 0.2) is 0 Å². The van der Waals surface area contributed by atoms with Gasteiger partial charge < -0.3 is 10.1 Å². The molecule has 8 heteroatoms. The summed E-state index contributed by atoms with van der Waals surface area (Å²) in [6.07, 6.45) is 4.60. The molecule has 1 amide bonds. The number of hydrogen-bond donors (Lipinski definition) is 1. The highest BCUT2D eigenvalue weighted by Crippen LogP contribution is 2.33. The van der Waals surface area contributed by atoms with Crippen LogP contribution in [0.2, 0.25) is 0 Å². The SMILES string of the molecule is Cc1ccccc1COc1cc(NC(=O)Cc2ccncc2)ccc1N(C)S(C)(=O)=O. The molecule has 0 saturated carbocycles. The second-order valence-electron chi connectivity index (χ2n) is 7.21. The van der Waals surface area contributed by atoms with Crippen LogP contribution >= 0.6 is 0 Å². The van der Waals surface area contributed by atoms with E-state index in [0.29, 0.717) is 17.1 Å². The lowest BCUT2D eigenvalue weighted by molar-refractivity contribution is -0.115. The maximum atomic E-state index is 12.4. The summed E-state index contributed by atoms with van der Waals surface area (Å²) in [5.74, 6) is 0.165. The fourth-order valence-electron chi connectivity index (χ4n) is 2.97. The van der Waals surface area contributed by atoms with Crippen molar-refractivity contribution in [1.82, 2.24) is 4.98 Å². The lowest BCUT2D eigenvalue weighted by Gasteiger charge is -2.21. The second-order valence-corrected chi connectivity index (χ2v) is 9.22. The Hall–Kier alpha value is -3.39. The van der Waals surface area contributed by atoms with Crippen molar-refractivity contribution < 1.29 is 17.9 Å². The molecule has 31 heavy (non-hydrogen) atoms. The van der Waals surface area contributed by atoms with Gasteiger partial charge in [-0.2, -0.15) is 0 Å². The molecule has 0 atom stereocenters. The normalized spacial score (nSPS) is 11.1. The number of pyridine rings is 1. The number of rotatable bonds is 8. The van der Waals surface area contributed by atoms with Gasteiger partial charge in [-0.1, -0.05) is 24.3 Å². The lowest BCUT2D eigenvalue weighted by atomic mass is 10.1. The Bertz CT molecular complexity index is 1160. The van der Waals surface area contributed by atoms with Crippen molar-refractivity contribution in [3.63, 3.8) is 0 Å². The number of benzene rings is 2. The molecule has 3 rings (SSSR count). The predicted octanol–water partition coefficient (Wildman–Crippen LogP) is 3.55. The summed E-state index contributed by atoms with van der Waals surface area (Å²) in [7, 11) is -2.02. The molecule has 0 aliphatic rings. The number of aromatic nitrogens is 1. The summed E-state index contributed by atoms with van der Waals surface area (Å²) in [6.45, 7) is 2.25. The smallest absolute Gasteiger partial charge is 0.232 e. The minimum absolute atomic E-state index is 0.194. The van der Waals surface area contributed by atoms with Crippen molar-refractivity contribution in [3.05, 3.63) is 83.7 Å². The minimum Gasteiger partial charge on any atom is -0.487 e. The summed E-state index contributed by atoms with van der Waals surface area (Å²) in [5.41, 5.74) is 3.81. The van der Waals surface area contributed by atoms with Crippen molar-refractivity contribution in [1.29, 1.82) is 0 Å². The number of hydrogen-bond acceptors (Lipinski definition) is 5. The van der Waals surface area contributed by atoms with Gasteiger partial charge in [0.1, 0.15) is 12.4 Å². The highest BCUT2D eigenvalue weighted by molar-refractivity contribution is 7.92. The molecular weight excluding hydrogens is 414 g/mol. The molecular formula is C23H25N3O4S. The van der Waals surface area contributed by atoms with Crippen LogP contribution in [0.25, 0.3) is 0 Å². The van der Waals surface area contributed by atoms with Crippen molar-refractivity contribution in [2.45, 2.75) is 20.0 Å². The summed E-state index contributed by atoms with van der Waals surface area (Å²) < 4.78 is 31.3. The average molecular weight is 440 g/mol. The number of anilines is 2. The largest absolute Gasteiger partial charge is 0.487 e. The van der Waals surface area contributed by atoms with E-state index in [-0.39, 0.29) is 18.9 Å². The van der Waals surface area contributed by atoms with Crippen LogP contribution in [0.4, 0.5) is 11.4 Å². The van der Waals surface area contributed by atoms with Crippen LogP contribution in [0.15, 0.2) is 67.0 Å². The molecule has 0 aliphatic carbocycles. The Morgan fingerprint density at radius 2 is 1.81 bits per heavy atom. The van der Waals surface area contributed by atoms with Crippen LogP contribution < -0.4 is 14.4 Å². The summed E-state index contributed by atoms with van der Waals surface area (Å²) in [5, 5.41) is 2.84. The second kappa shape index (κ2) is 9.61. The third-order valence-corrected chi connectivity index (χ3v) is 6.03. The number of nitrogens with one attached hydrogen (secondary N) is 1. The molecule has 0 spiro atoms. The zero-order valence-electron chi connectivity index (χ0n) is 17.7. The van der Waals surface area contributed by atoms with Gasteiger partial charge in [0, 0.05) is 31.2 Å². The van der Waals surface area contributed by atoms with Crippen LogP contribution in [-0.4, -0.2) is 32.6 Å². The third kappa shape index (κ3) is 6.05. The van der Waals surface area contributed by atoms with Crippen LogP contribution in [0.5, 0.6) is 5.75 Å². The zero-order chi connectivity index (χ0) is 22.4. The van der Waals surface area contributed by atoms with Gasteiger partial charge >= 0.3 is 0 Å². The quantitative estimate of drug-likeness (QED) is 0.580. The Kier molecular flexibility index (Phi) is 6.91. The number of carbonyl (C=O) groups excluding carboxylic acids is 1. The van der Waals surface area contributed by atoms with Crippen molar-refractivity contribution in [3.8, 4) is 5.75 Å². The summed E-state index contributed by atoms with van der Waals surface area (Å²) in [6, 6.07) is 16.3. The van der Waals surface area contributed by atoms with E-state index in [4.69, 9.17) is 4.74 Å². The molecule has 0 fully saturated rings. The molecule has 0 unspecified atom stereocenters. The van der Waals surface area contributed by atoms with Gasteiger partial charge in [-0.25, -0.2) is 8.42 Å². The van der Waals surface area contributed by atoms with Crippen LogP contribution in [0, 0.1) is 6.92 Å². The number of carbonyl (C=O) groups is 1. The van der Waals surface area contributed by atoms with E-state index in [1.807, 2.05) is 31.2 Å². The minimum atomic E-state index is -3.49. The first-order valence-corrected chi connectivity index (χ1v) is 11.5. The number of aryl methyl sites for hydroxylation is 1. The monoisotopic (exact) mass is 439 g/mol. The van der Waals surface area contributed by atoms with Gasteiger partial charge in [-0.3, -0.25) is 14.1 Å². The Labute approximate surface area is 182 Å². The number of nitrogens with zero attached hydrogens (tertiary/aromatic N) is 2. The van der Waals surface area contributed by atoms with Gasteiger partial charge in [0.05, 0.1) is 18.4 Å². The van der Waals surface area contributed by atoms with Gasteiger partial charge in [0.25, 0.3) is 0 Å². The molecule has 0 saturated heterocycles. The fourth-order valence-corrected chi connectivity index (χ4v) is 3.47. The van der Waals surface area contributed by atoms with E-state index < -0.39 is 10.0 Å². The molecule has 0 radical (unpaired) electrons. The Balaban J connectivity index is 1.84. The maximum absolute atomic E-state index is 12.4. The predicted molar refractivity (Wildman–Crippen MR) is 122 cm³/mol. The number of amides is 1. The van der Waals surface area contributed by atoms with E-state index in [0.717, 1.165) is 27.3 Å². The summed E-state index contributed by atoms with van der Waals surface area (Å²) >= 11 is 0. The molecule has 7 nitrogen and oxygen atoms in total. The number of ether oxygens (including phenoxy) is 1. The fraction of sp³-hybridized carbons (Fsp3) is 0.217. The molecule has 1 N–H and O–H groups in total. The van der Waals surface area contributed by atoms with Crippen molar-refractivity contribution >= 4 is 27.3 Å². The van der Waals surface area contributed by atoms with Crippen LogP contribution in [0.3, 0.4) is 0 Å². The standard InChI is InChI=1S/C23H25N3O4S/c1-17-6-4-5-7-19(17)16-30-22-15-20(8-9-21(22)26(2)31(3,28)29)25-23(27)14-18-10-12-24-13-11-18/h4-13,15H,14,16H2,1-3H3,(H,25,27). The highest BCUT2D eigenvalue weighted by atomic mass is 32.2. The maximum Gasteiger partial charge on any atom is 0.232 e. The molecule has 1 heterocycles. The Morgan fingerprint density at radius 1 is 1.10 bits per heavy atom. The van der Waals surface area contributed by atoms with Gasteiger partial charge in [-0.05, 0) is 47.9 Å². The highest BCUT2D eigenvalue weighted by Gasteiger charge is 2.18. The lowest BCUT2D eigenvalue weighted by Crippen LogP contribution is -2.25. The van der Waals surface area contributed by atoms with Crippen molar-refractivity contribution in [2.75, 3.05) is 22.9 Å². The molecule has 0 aliphatic heterocycles. The van der Waals surface area contributed by atoms with E-state index in [9.17, 15) is 13.2 Å². The Morgan fingerprint density at radius 3 is 2.48 bits per heavy atom. The summed E-state index contributed by atoms with van der Waals surface area (Å²) in [4.78, 5) is 16.4. The molecule has 2 aromatic carbocycles. The van der Waals surface area contributed by atoms with Crippen LogP contribution in [0.1, 0.15) is 16.7 Å². The van der Waals surface area contributed by atoms with Crippen LogP contribution in [-0.2, 0) is 27.8 Å². The van der Waals surface area contributed by atoms with Gasteiger partial charge in [0.2, 0.25) is 15.9 Å². The third-order valence-electron chi connectivity index (χ3n) is 4.84. The molecule has 0 bridgehead atoms. The molecule has 162 valence electrons. The first-order valence-electron chi connectivity index (χ1n) is 9.68. The molecule has 1 aromatic heterocycles. The van der Waals surface area contributed by atoms with Crippen molar-refractivity contribution in [2.24, 2.45) is 0 Å². The first kappa shape index (κ1) is 22.3. The molecule has 3 aromatic rings. The average Bonchev–Trinajstić information content (AvgIpc) is 2.73. The number of sulfonamides is 1. The van der Waals surface area contributed by atoms with E-state index in [1.165, 1.54) is 7.05 Å². The van der Waals surface area contributed by atoms with E-state index in [1.54, 1.807) is 42.7 Å². The van der Waals surface area contributed by atoms with Gasteiger partial charge in [-0.15, -0.1) is 0 Å². The zero-order valence-corrected chi connectivity index (χ0v) is 18.5. The van der Waals surface area contributed by atoms with E-state index in [2.05, 4.69) is 10.3 Å². The van der Waals surface area contributed by atoms with E-state index >= 15 is 0 Å². The first-order chi connectivity index (χ1) is 14.7.